The van der Waals surface area contributed by atoms with Crippen molar-refractivity contribution in [1.82, 2.24) is 4.90 Å². The van der Waals surface area contributed by atoms with Crippen molar-refractivity contribution in [3.05, 3.63) is 112 Å². The number of furan rings is 1. The van der Waals surface area contributed by atoms with E-state index < -0.39 is 22.0 Å². The van der Waals surface area contributed by atoms with E-state index in [1.54, 1.807) is 42.5 Å². The maximum absolute atomic E-state index is 13.2. The second-order valence-corrected chi connectivity index (χ2v) is 9.96. The van der Waals surface area contributed by atoms with E-state index in [0.717, 1.165) is 24.3 Å². The van der Waals surface area contributed by atoms with E-state index in [0.29, 0.717) is 11.3 Å². The minimum absolute atomic E-state index is 0.0318. The molecule has 36 heavy (non-hydrogen) atoms. The summed E-state index contributed by atoms with van der Waals surface area (Å²) in [6.45, 7) is 0.183. The lowest BCUT2D eigenvalue weighted by atomic mass is 10.2. The van der Waals surface area contributed by atoms with E-state index in [1.807, 2.05) is 0 Å². The number of carbonyl (C=O) groups excluding carboxylic acids is 1. The molecule has 4 aromatic rings. The number of para-hydroxylation sites is 1. The highest BCUT2D eigenvalue weighted by Crippen LogP contribution is 2.30. The molecular formula is C25H19Cl2FN2O5S. The van der Waals surface area contributed by atoms with Gasteiger partial charge in [-0.15, -0.1) is 0 Å². The Hall–Kier alpha value is -3.53. The number of benzene rings is 3. The van der Waals surface area contributed by atoms with E-state index in [4.69, 9.17) is 31.8 Å². The first-order valence-corrected chi connectivity index (χ1v) is 12.7. The molecule has 0 saturated carbocycles. The Bertz CT molecular complexity index is 1440. The topological polar surface area (TPSA) is 88.9 Å². The van der Waals surface area contributed by atoms with Gasteiger partial charge in [-0.3, -0.25) is 0 Å². The Morgan fingerprint density at radius 2 is 1.64 bits per heavy atom. The summed E-state index contributed by atoms with van der Waals surface area (Å²) in [5.41, 5.74) is 0.839. The van der Waals surface area contributed by atoms with Crippen molar-refractivity contribution in [2.24, 2.45) is 0 Å². The van der Waals surface area contributed by atoms with Gasteiger partial charge in [0.2, 0.25) is 0 Å². The Labute approximate surface area is 217 Å². The van der Waals surface area contributed by atoms with Crippen LogP contribution in [-0.4, -0.2) is 19.3 Å². The third-order valence-electron chi connectivity index (χ3n) is 4.99. The number of amides is 2. The van der Waals surface area contributed by atoms with Crippen molar-refractivity contribution in [3.8, 4) is 5.75 Å². The van der Waals surface area contributed by atoms with Gasteiger partial charge in [0.25, 0.3) is 0 Å². The average Bonchev–Trinajstić information content (AvgIpc) is 3.34. The van der Waals surface area contributed by atoms with Crippen LogP contribution in [0.3, 0.4) is 0 Å². The van der Waals surface area contributed by atoms with Crippen LogP contribution in [0.5, 0.6) is 5.75 Å². The van der Waals surface area contributed by atoms with Crippen LogP contribution in [0.1, 0.15) is 11.3 Å². The average molecular weight is 549 g/mol. The minimum Gasteiger partial charge on any atom is -0.467 e. The molecule has 0 atom stereocenters. The molecule has 0 fully saturated rings. The van der Waals surface area contributed by atoms with Crippen LogP contribution in [0.2, 0.25) is 10.0 Å². The molecule has 0 spiro atoms. The number of nitrogens with one attached hydrogen (secondary N) is 1. The molecular weight excluding hydrogens is 530 g/mol. The monoisotopic (exact) mass is 548 g/mol. The normalized spacial score (nSPS) is 11.2. The van der Waals surface area contributed by atoms with Gasteiger partial charge in [-0.2, -0.15) is 8.42 Å². The molecule has 3 aromatic carbocycles. The van der Waals surface area contributed by atoms with Crippen LogP contribution in [0.25, 0.3) is 0 Å². The minimum atomic E-state index is -4.19. The number of carbonyl (C=O) groups is 1. The van der Waals surface area contributed by atoms with Crippen molar-refractivity contribution >= 4 is 45.0 Å². The zero-order valence-electron chi connectivity index (χ0n) is 18.5. The Balaban J connectivity index is 1.55. The molecule has 0 aliphatic carbocycles. The predicted molar refractivity (Wildman–Crippen MR) is 134 cm³/mol. The van der Waals surface area contributed by atoms with Gasteiger partial charge in [-0.1, -0.05) is 41.4 Å². The Morgan fingerprint density at radius 3 is 2.31 bits per heavy atom. The Kier molecular flexibility index (Phi) is 7.83. The quantitative estimate of drug-likeness (QED) is 0.246. The zero-order valence-corrected chi connectivity index (χ0v) is 20.9. The number of halogens is 3. The van der Waals surface area contributed by atoms with Gasteiger partial charge in [0.1, 0.15) is 22.2 Å². The highest BCUT2D eigenvalue weighted by atomic mass is 35.5. The van der Waals surface area contributed by atoms with Gasteiger partial charge in [-0.25, -0.2) is 9.18 Å². The fourth-order valence-corrected chi connectivity index (χ4v) is 4.70. The third kappa shape index (κ3) is 6.37. The predicted octanol–water partition coefficient (Wildman–Crippen LogP) is 6.73. The molecule has 0 aliphatic rings. The van der Waals surface area contributed by atoms with Crippen molar-refractivity contribution < 1.29 is 26.2 Å². The highest BCUT2D eigenvalue weighted by molar-refractivity contribution is 7.87. The first-order chi connectivity index (χ1) is 17.2. The molecule has 0 saturated heterocycles. The van der Waals surface area contributed by atoms with Gasteiger partial charge in [-0.05, 0) is 66.2 Å². The van der Waals surface area contributed by atoms with E-state index in [9.17, 15) is 17.6 Å². The van der Waals surface area contributed by atoms with Crippen LogP contribution in [0.15, 0.2) is 94.4 Å². The molecule has 4 rings (SSSR count). The molecule has 1 aromatic heterocycles. The number of anilines is 1. The fraction of sp³-hybridized carbons (Fsp3) is 0.0800. The number of urea groups is 1. The summed E-state index contributed by atoms with van der Waals surface area (Å²) in [7, 11) is -4.19. The summed E-state index contributed by atoms with van der Waals surface area (Å²) in [6.07, 6.45) is 1.49. The first kappa shape index (κ1) is 25.6. The molecule has 0 radical (unpaired) electrons. The van der Waals surface area contributed by atoms with Crippen molar-refractivity contribution in [1.29, 1.82) is 0 Å². The maximum atomic E-state index is 13.2. The molecule has 7 nitrogen and oxygen atoms in total. The largest absolute Gasteiger partial charge is 0.467 e. The van der Waals surface area contributed by atoms with Crippen LogP contribution < -0.4 is 9.50 Å². The molecule has 0 bridgehead atoms. The standard InChI is InChI=1S/C25H19Cl2FN2O5S/c26-22-7-2-8-23(27)24(22)29-25(31)30(16-20-6-3-13-34-20)15-17-4-1-5-19(14-17)35-36(32,33)21-11-9-18(28)10-12-21/h1-14H,15-16H2,(H,29,31). The molecule has 2 amide bonds. The van der Waals surface area contributed by atoms with Crippen molar-refractivity contribution in [2.45, 2.75) is 18.0 Å². The molecule has 186 valence electrons. The summed E-state index contributed by atoms with van der Waals surface area (Å²) < 4.78 is 48.9. The summed E-state index contributed by atoms with van der Waals surface area (Å²) >= 11 is 12.4. The molecule has 11 heteroatoms. The van der Waals surface area contributed by atoms with E-state index >= 15 is 0 Å². The molecule has 0 unspecified atom stereocenters. The summed E-state index contributed by atoms with van der Waals surface area (Å²) in [5.74, 6) is -0.00465. The van der Waals surface area contributed by atoms with Crippen LogP contribution >= 0.6 is 23.2 Å². The summed E-state index contributed by atoms with van der Waals surface area (Å²) in [4.78, 5) is 14.4. The highest BCUT2D eigenvalue weighted by Gasteiger charge is 2.20. The van der Waals surface area contributed by atoms with E-state index in [2.05, 4.69) is 5.32 Å². The van der Waals surface area contributed by atoms with Gasteiger partial charge in [0.15, 0.2) is 0 Å². The number of hydrogen-bond acceptors (Lipinski definition) is 5. The molecule has 0 aliphatic heterocycles. The van der Waals surface area contributed by atoms with Crippen LogP contribution in [-0.2, 0) is 23.2 Å². The van der Waals surface area contributed by atoms with Crippen LogP contribution in [0.4, 0.5) is 14.9 Å². The third-order valence-corrected chi connectivity index (χ3v) is 6.88. The second kappa shape index (κ2) is 11.0. The summed E-state index contributed by atoms with van der Waals surface area (Å²) in [5, 5.41) is 3.26. The lowest BCUT2D eigenvalue weighted by Gasteiger charge is -2.23. The van der Waals surface area contributed by atoms with Crippen molar-refractivity contribution in [2.75, 3.05) is 5.32 Å². The number of rotatable bonds is 8. The second-order valence-electron chi connectivity index (χ2n) is 7.60. The van der Waals surface area contributed by atoms with Crippen LogP contribution in [0, 0.1) is 5.82 Å². The first-order valence-electron chi connectivity index (χ1n) is 10.5. The van der Waals surface area contributed by atoms with Gasteiger partial charge in [0.05, 0.1) is 28.5 Å². The lowest BCUT2D eigenvalue weighted by Crippen LogP contribution is -2.34. The van der Waals surface area contributed by atoms with Gasteiger partial charge >= 0.3 is 16.1 Å². The number of nitrogens with zero attached hydrogens (tertiary/aromatic N) is 1. The van der Waals surface area contributed by atoms with E-state index in [-0.39, 0.29) is 39.5 Å². The fourth-order valence-electron chi connectivity index (χ4n) is 3.29. The summed E-state index contributed by atoms with van der Waals surface area (Å²) in [6, 6.07) is 18.3. The molecule has 1 heterocycles. The maximum Gasteiger partial charge on any atom is 0.339 e. The van der Waals surface area contributed by atoms with Gasteiger partial charge in [0, 0.05) is 6.54 Å². The van der Waals surface area contributed by atoms with Crippen molar-refractivity contribution in [3.63, 3.8) is 0 Å². The smallest absolute Gasteiger partial charge is 0.339 e. The Morgan fingerprint density at radius 1 is 0.944 bits per heavy atom. The van der Waals surface area contributed by atoms with E-state index in [1.165, 1.54) is 23.3 Å². The van der Waals surface area contributed by atoms with Gasteiger partial charge < -0.3 is 18.8 Å². The lowest BCUT2D eigenvalue weighted by molar-refractivity contribution is 0.201. The zero-order chi connectivity index (χ0) is 25.7. The molecule has 1 N–H and O–H groups in total. The number of hydrogen-bond donors (Lipinski definition) is 1. The SMILES string of the molecule is O=C(Nc1c(Cl)cccc1Cl)N(Cc1cccc(OS(=O)(=O)c2ccc(F)cc2)c1)Cc1ccco1.